The number of hydrogen-bond acceptors (Lipinski definition) is 7. The third-order valence-electron chi connectivity index (χ3n) is 6.43. The second kappa shape index (κ2) is 10.7. The fourth-order valence-electron chi connectivity index (χ4n) is 4.62. The lowest BCUT2D eigenvalue weighted by atomic mass is 9.87. The van der Waals surface area contributed by atoms with Crippen LogP contribution in [0, 0.1) is 5.92 Å². The first-order valence-corrected chi connectivity index (χ1v) is 12.7. The molecule has 0 bridgehead atoms. The molecule has 0 aromatic carbocycles. The normalized spacial score (nSPS) is 28.7. The zero-order valence-electron chi connectivity index (χ0n) is 18.7. The lowest BCUT2D eigenvalue weighted by molar-refractivity contribution is -0.189. The smallest absolute Gasteiger partial charge is 0.308 e. The molecule has 3 fully saturated rings. The molecule has 0 aromatic rings. The van der Waals surface area contributed by atoms with Gasteiger partial charge in [-0.1, -0.05) is 0 Å². The van der Waals surface area contributed by atoms with Gasteiger partial charge in [-0.15, -0.1) is 0 Å². The maximum Gasteiger partial charge on any atom is 0.308 e. The summed E-state index contributed by atoms with van der Waals surface area (Å²) in [5, 5.41) is 0. The van der Waals surface area contributed by atoms with E-state index in [9.17, 15) is 13.2 Å². The van der Waals surface area contributed by atoms with E-state index in [4.69, 9.17) is 9.47 Å². The van der Waals surface area contributed by atoms with Gasteiger partial charge in [0.1, 0.15) is 0 Å². The summed E-state index contributed by atoms with van der Waals surface area (Å²) < 4.78 is 39.4. The number of piperazine rings is 1. The van der Waals surface area contributed by atoms with E-state index in [2.05, 4.69) is 9.80 Å². The van der Waals surface area contributed by atoms with E-state index in [0.29, 0.717) is 32.8 Å². The molecule has 2 heterocycles. The number of ether oxygens (including phenoxy) is 2. The Hall–Kier alpha value is -0.780. The summed E-state index contributed by atoms with van der Waals surface area (Å²) in [4.78, 5) is 16.7. The van der Waals surface area contributed by atoms with Gasteiger partial charge in [0.15, 0.2) is 6.35 Å². The van der Waals surface area contributed by atoms with Crippen LogP contribution in [-0.2, 0) is 24.5 Å². The van der Waals surface area contributed by atoms with Crippen LogP contribution in [0.4, 0.5) is 0 Å². The van der Waals surface area contributed by atoms with Gasteiger partial charge in [0.2, 0.25) is 0 Å². The van der Waals surface area contributed by atoms with E-state index in [1.54, 1.807) is 18.4 Å². The molecule has 10 heteroatoms. The van der Waals surface area contributed by atoms with Crippen molar-refractivity contribution in [3.63, 3.8) is 0 Å². The molecule has 1 saturated carbocycles. The molecule has 3 rings (SSSR count). The lowest BCUT2D eigenvalue weighted by Gasteiger charge is -2.44. The van der Waals surface area contributed by atoms with Gasteiger partial charge in [-0.3, -0.25) is 14.6 Å². The van der Waals surface area contributed by atoms with E-state index in [0.717, 1.165) is 38.8 Å². The summed E-state index contributed by atoms with van der Waals surface area (Å²) in [6.07, 6.45) is 5.71. The van der Waals surface area contributed by atoms with E-state index >= 15 is 0 Å². The Balaban J connectivity index is 1.57. The predicted molar refractivity (Wildman–Crippen MR) is 114 cm³/mol. The van der Waals surface area contributed by atoms with Crippen LogP contribution in [-0.4, -0.2) is 105 Å². The minimum Gasteiger partial charge on any atom is -0.466 e. The van der Waals surface area contributed by atoms with Gasteiger partial charge >= 0.3 is 5.97 Å². The Kier molecular flexibility index (Phi) is 8.51. The molecule has 3 aliphatic rings. The minimum atomic E-state index is -3.37. The fraction of sp³-hybridized carbons (Fsp3) is 0.950. The molecule has 0 aromatic heterocycles. The van der Waals surface area contributed by atoms with Crippen LogP contribution in [0.3, 0.4) is 0 Å². The van der Waals surface area contributed by atoms with Crippen molar-refractivity contribution in [2.45, 2.75) is 57.9 Å². The lowest BCUT2D eigenvalue weighted by Crippen LogP contribution is -2.59. The number of nitrogens with zero attached hydrogens (tertiary/aromatic N) is 4. The Morgan fingerprint density at radius 2 is 1.53 bits per heavy atom. The SMILES string of the molecule is CCOC(=O)C1CCC(OC(N2CCCC2)N2CCN(S(=O)(=O)N(C)C)CC2)CC1. The summed E-state index contributed by atoms with van der Waals surface area (Å²) >= 11 is 0. The van der Waals surface area contributed by atoms with Crippen LogP contribution < -0.4 is 0 Å². The summed E-state index contributed by atoms with van der Waals surface area (Å²) in [6.45, 7) is 6.57. The molecule has 30 heavy (non-hydrogen) atoms. The van der Waals surface area contributed by atoms with Gasteiger partial charge in [-0.2, -0.15) is 17.0 Å². The topological polar surface area (TPSA) is 82.6 Å². The third-order valence-corrected chi connectivity index (χ3v) is 8.38. The minimum absolute atomic E-state index is 0.00479. The second-order valence-electron chi connectivity index (χ2n) is 8.66. The molecule has 1 aliphatic carbocycles. The quantitative estimate of drug-likeness (QED) is 0.513. The van der Waals surface area contributed by atoms with Crippen LogP contribution in [0.5, 0.6) is 0 Å². The summed E-state index contributed by atoms with van der Waals surface area (Å²) in [6, 6.07) is 0. The standard InChI is InChI=1S/C20H38N4O5S/c1-4-28-19(25)17-7-9-18(10-8-17)29-20(22-11-5-6-12-22)23-13-15-24(16-14-23)30(26,27)21(2)3/h17-18,20H,4-16H2,1-3H3. The van der Waals surface area contributed by atoms with E-state index in [-0.39, 0.29) is 24.3 Å². The molecule has 174 valence electrons. The zero-order chi connectivity index (χ0) is 21.7. The Bertz CT molecular complexity index is 652. The van der Waals surface area contributed by atoms with E-state index < -0.39 is 10.2 Å². The monoisotopic (exact) mass is 446 g/mol. The second-order valence-corrected chi connectivity index (χ2v) is 10.8. The highest BCUT2D eigenvalue weighted by Gasteiger charge is 2.37. The molecule has 0 N–H and O–H groups in total. The van der Waals surface area contributed by atoms with Gasteiger partial charge in [0.05, 0.1) is 18.6 Å². The van der Waals surface area contributed by atoms with Crippen molar-refractivity contribution in [1.29, 1.82) is 0 Å². The van der Waals surface area contributed by atoms with Crippen molar-refractivity contribution in [1.82, 2.24) is 18.4 Å². The molecule has 0 amide bonds. The van der Waals surface area contributed by atoms with Gasteiger partial charge < -0.3 is 9.47 Å². The number of carbonyl (C=O) groups excluding carboxylic acids is 1. The summed E-state index contributed by atoms with van der Waals surface area (Å²) in [5.74, 6) is -0.0833. The number of rotatable bonds is 8. The maximum absolute atomic E-state index is 12.4. The van der Waals surface area contributed by atoms with Gasteiger partial charge in [-0.25, -0.2) is 0 Å². The number of esters is 1. The van der Waals surface area contributed by atoms with Crippen molar-refractivity contribution >= 4 is 16.2 Å². The number of carbonyl (C=O) groups is 1. The first-order valence-electron chi connectivity index (χ1n) is 11.3. The predicted octanol–water partition coefficient (Wildman–Crippen LogP) is 0.928. The average molecular weight is 447 g/mol. The molecular weight excluding hydrogens is 408 g/mol. The highest BCUT2D eigenvalue weighted by Crippen LogP contribution is 2.30. The molecule has 2 saturated heterocycles. The third kappa shape index (κ3) is 5.72. The first-order chi connectivity index (χ1) is 14.3. The van der Waals surface area contributed by atoms with Crippen LogP contribution in [0.15, 0.2) is 0 Å². The van der Waals surface area contributed by atoms with Crippen molar-refractivity contribution in [2.24, 2.45) is 5.92 Å². The molecule has 9 nitrogen and oxygen atoms in total. The Morgan fingerprint density at radius 1 is 0.967 bits per heavy atom. The summed E-state index contributed by atoms with van der Waals surface area (Å²) in [5.41, 5.74) is 0. The van der Waals surface area contributed by atoms with Gasteiger partial charge in [0, 0.05) is 53.4 Å². The van der Waals surface area contributed by atoms with Crippen LogP contribution in [0.1, 0.15) is 45.4 Å². The van der Waals surface area contributed by atoms with E-state index in [1.165, 1.54) is 17.1 Å². The first kappa shape index (κ1) is 23.9. The van der Waals surface area contributed by atoms with E-state index in [1.807, 2.05) is 6.92 Å². The highest BCUT2D eigenvalue weighted by atomic mass is 32.2. The van der Waals surface area contributed by atoms with Crippen molar-refractivity contribution in [3.05, 3.63) is 0 Å². The molecular formula is C20H38N4O5S. The van der Waals surface area contributed by atoms with Crippen molar-refractivity contribution < 1.29 is 22.7 Å². The van der Waals surface area contributed by atoms with Gasteiger partial charge in [0.25, 0.3) is 10.2 Å². The molecule has 0 radical (unpaired) electrons. The molecule has 1 atom stereocenters. The number of hydrogen-bond donors (Lipinski definition) is 0. The van der Waals surface area contributed by atoms with Crippen LogP contribution in [0.25, 0.3) is 0 Å². The summed E-state index contributed by atoms with van der Waals surface area (Å²) in [7, 11) is -0.225. The molecule has 0 spiro atoms. The Labute approximate surface area is 181 Å². The van der Waals surface area contributed by atoms with Crippen LogP contribution >= 0.6 is 0 Å². The molecule has 1 unspecified atom stereocenters. The maximum atomic E-state index is 12.4. The average Bonchev–Trinajstić information content (AvgIpc) is 3.27. The zero-order valence-corrected chi connectivity index (χ0v) is 19.5. The Morgan fingerprint density at radius 3 is 2.07 bits per heavy atom. The number of likely N-dealkylation sites (tertiary alicyclic amines) is 1. The molecule has 2 aliphatic heterocycles. The van der Waals surface area contributed by atoms with Crippen molar-refractivity contribution in [3.8, 4) is 0 Å². The largest absolute Gasteiger partial charge is 0.466 e. The fourth-order valence-corrected chi connectivity index (χ4v) is 5.71. The van der Waals surface area contributed by atoms with Crippen molar-refractivity contribution in [2.75, 3.05) is 60.0 Å². The highest BCUT2D eigenvalue weighted by molar-refractivity contribution is 7.86. The van der Waals surface area contributed by atoms with Gasteiger partial charge in [-0.05, 0) is 45.4 Å². The van der Waals surface area contributed by atoms with Crippen LogP contribution in [0.2, 0.25) is 0 Å².